The number of carbonyl (C=O) groups excluding carboxylic acids is 1. The van der Waals surface area contributed by atoms with Gasteiger partial charge in [-0.2, -0.15) is 0 Å². The van der Waals surface area contributed by atoms with Gasteiger partial charge in [0.05, 0.1) is 12.6 Å². The molecule has 0 saturated heterocycles. The number of alkyl halides is 2. The zero-order valence-corrected chi connectivity index (χ0v) is 13.7. The van der Waals surface area contributed by atoms with Crippen LogP contribution in [0.1, 0.15) is 11.1 Å². The van der Waals surface area contributed by atoms with Gasteiger partial charge in [-0.1, -0.05) is 36.4 Å². The number of carbonyl (C=O) groups is 1. The lowest BCUT2D eigenvalue weighted by atomic mass is 10.1. The fourth-order valence-corrected chi connectivity index (χ4v) is 2.50. The molecule has 1 aliphatic rings. The predicted octanol–water partition coefficient (Wildman–Crippen LogP) is 2.84. The van der Waals surface area contributed by atoms with E-state index in [9.17, 15) is 18.7 Å². The van der Waals surface area contributed by atoms with E-state index in [0.29, 0.717) is 5.56 Å². The first-order valence-corrected chi connectivity index (χ1v) is 7.92. The number of hydrogen-bond acceptors (Lipinski definition) is 5. The van der Waals surface area contributed by atoms with E-state index in [4.69, 9.17) is 4.74 Å². The van der Waals surface area contributed by atoms with Crippen LogP contribution >= 0.6 is 0 Å². The van der Waals surface area contributed by atoms with Crippen LogP contribution in [0.15, 0.2) is 48.5 Å². The highest BCUT2D eigenvalue weighted by molar-refractivity contribution is 5.67. The van der Waals surface area contributed by atoms with Gasteiger partial charge in [0.15, 0.2) is 11.5 Å². The molecule has 26 heavy (non-hydrogen) atoms. The third-order valence-electron chi connectivity index (χ3n) is 3.70. The molecule has 6 nitrogen and oxygen atoms in total. The van der Waals surface area contributed by atoms with E-state index in [1.54, 1.807) is 6.07 Å². The molecule has 0 spiro atoms. The normalized spacial score (nSPS) is 15.3. The van der Waals surface area contributed by atoms with Crippen molar-refractivity contribution in [2.45, 2.75) is 25.4 Å². The number of rotatable bonds is 6. The van der Waals surface area contributed by atoms with E-state index in [1.165, 1.54) is 12.1 Å². The Morgan fingerprint density at radius 3 is 2.58 bits per heavy atom. The van der Waals surface area contributed by atoms with Crippen molar-refractivity contribution in [2.24, 2.45) is 0 Å². The molecule has 0 aliphatic carbocycles. The van der Waals surface area contributed by atoms with Crippen molar-refractivity contribution < 1.29 is 32.9 Å². The second-order valence-corrected chi connectivity index (χ2v) is 5.74. The van der Waals surface area contributed by atoms with Crippen molar-refractivity contribution in [1.82, 2.24) is 5.32 Å². The zero-order chi connectivity index (χ0) is 18.6. The number of benzene rings is 2. The third kappa shape index (κ3) is 4.60. The second kappa shape index (κ2) is 7.57. The van der Waals surface area contributed by atoms with Crippen molar-refractivity contribution in [3.05, 3.63) is 59.7 Å². The number of amides is 1. The highest BCUT2D eigenvalue weighted by atomic mass is 19.3. The maximum absolute atomic E-state index is 13.0. The Morgan fingerprint density at radius 1 is 1.12 bits per heavy atom. The van der Waals surface area contributed by atoms with Crippen molar-refractivity contribution in [3.63, 3.8) is 0 Å². The van der Waals surface area contributed by atoms with Crippen LogP contribution in [0.25, 0.3) is 0 Å². The summed E-state index contributed by atoms with van der Waals surface area (Å²) in [7, 11) is 0. The first-order chi connectivity index (χ1) is 12.4. The SMILES string of the molecule is O=C(N[C@H](CO)Cc1ccc2c(c1)OC(F)(F)O2)OCc1ccccc1. The molecule has 2 aromatic rings. The Morgan fingerprint density at radius 2 is 1.85 bits per heavy atom. The lowest BCUT2D eigenvalue weighted by molar-refractivity contribution is -0.286. The summed E-state index contributed by atoms with van der Waals surface area (Å²) in [6.07, 6.45) is -4.16. The van der Waals surface area contributed by atoms with Crippen LogP contribution in [0.2, 0.25) is 0 Å². The Balaban J connectivity index is 1.54. The highest BCUT2D eigenvalue weighted by Gasteiger charge is 2.43. The molecule has 0 saturated carbocycles. The van der Waals surface area contributed by atoms with Gasteiger partial charge in [-0.05, 0) is 29.7 Å². The lowest BCUT2D eigenvalue weighted by Gasteiger charge is -2.16. The van der Waals surface area contributed by atoms with Gasteiger partial charge in [0.25, 0.3) is 0 Å². The van der Waals surface area contributed by atoms with Gasteiger partial charge in [0.1, 0.15) is 6.61 Å². The maximum atomic E-state index is 13.0. The zero-order valence-electron chi connectivity index (χ0n) is 13.7. The van der Waals surface area contributed by atoms with Crippen LogP contribution in [0.4, 0.5) is 13.6 Å². The highest BCUT2D eigenvalue weighted by Crippen LogP contribution is 2.41. The molecule has 2 aromatic carbocycles. The molecule has 0 unspecified atom stereocenters. The number of fused-ring (bicyclic) bond motifs is 1. The molecular formula is C18H17F2NO5. The van der Waals surface area contributed by atoms with Gasteiger partial charge in [-0.3, -0.25) is 0 Å². The molecule has 1 atom stereocenters. The summed E-state index contributed by atoms with van der Waals surface area (Å²) in [5.41, 5.74) is 1.42. The standard InChI is InChI=1S/C18H17F2NO5/c19-18(20)25-15-7-6-13(9-16(15)26-18)8-14(10-22)21-17(23)24-11-12-4-2-1-3-5-12/h1-7,9,14,22H,8,10-11H2,(H,21,23)/t14-/m0/s1. The van der Waals surface area contributed by atoms with Crippen LogP contribution in [0.5, 0.6) is 11.5 Å². The summed E-state index contributed by atoms with van der Waals surface area (Å²) in [5.74, 6) is -0.148. The van der Waals surface area contributed by atoms with Crippen LogP contribution in [0, 0.1) is 0 Å². The van der Waals surface area contributed by atoms with Gasteiger partial charge < -0.3 is 24.6 Å². The van der Waals surface area contributed by atoms with Gasteiger partial charge in [-0.25, -0.2) is 4.79 Å². The molecule has 1 heterocycles. The number of halogens is 2. The van der Waals surface area contributed by atoms with Crippen LogP contribution < -0.4 is 14.8 Å². The fraction of sp³-hybridized carbons (Fsp3) is 0.278. The minimum atomic E-state index is -3.68. The van der Waals surface area contributed by atoms with Gasteiger partial charge in [-0.15, -0.1) is 8.78 Å². The fourth-order valence-electron chi connectivity index (χ4n) is 2.50. The molecule has 0 aromatic heterocycles. The van der Waals surface area contributed by atoms with Gasteiger partial charge >= 0.3 is 12.4 Å². The number of nitrogens with one attached hydrogen (secondary N) is 1. The lowest BCUT2D eigenvalue weighted by Crippen LogP contribution is -2.39. The third-order valence-corrected chi connectivity index (χ3v) is 3.70. The smallest absolute Gasteiger partial charge is 0.445 e. The molecule has 1 amide bonds. The average Bonchev–Trinajstić information content (AvgIpc) is 2.93. The van der Waals surface area contributed by atoms with E-state index < -0.39 is 18.4 Å². The van der Waals surface area contributed by atoms with Gasteiger partial charge in [0.2, 0.25) is 0 Å². The summed E-state index contributed by atoms with van der Waals surface area (Å²) in [4.78, 5) is 11.9. The first kappa shape index (κ1) is 17.9. The number of alkyl carbamates (subject to hydrolysis) is 1. The molecule has 0 fully saturated rings. The van der Waals surface area contributed by atoms with Crippen molar-refractivity contribution in [1.29, 1.82) is 0 Å². The number of aliphatic hydroxyl groups excluding tert-OH is 1. The summed E-state index contributed by atoms with van der Waals surface area (Å²) in [6.45, 7) is -0.241. The number of aliphatic hydroxyl groups is 1. The first-order valence-electron chi connectivity index (χ1n) is 7.92. The van der Waals surface area contributed by atoms with Crippen molar-refractivity contribution >= 4 is 6.09 Å². The molecule has 0 radical (unpaired) electrons. The van der Waals surface area contributed by atoms with Crippen LogP contribution in [0.3, 0.4) is 0 Å². The summed E-state index contributed by atoms with van der Waals surface area (Å²) >= 11 is 0. The Hall–Kier alpha value is -2.87. The monoisotopic (exact) mass is 365 g/mol. The topological polar surface area (TPSA) is 77.0 Å². The Kier molecular flexibility index (Phi) is 5.22. The van der Waals surface area contributed by atoms with E-state index in [2.05, 4.69) is 14.8 Å². The summed E-state index contributed by atoms with van der Waals surface area (Å²) < 4.78 is 39.9. The molecule has 2 N–H and O–H groups in total. The molecule has 1 aliphatic heterocycles. The van der Waals surface area contributed by atoms with E-state index in [0.717, 1.165) is 5.56 Å². The second-order valence-electron chi connectivity index (χ2n) is 5.74. The van der Waals surface area contributed by atoms with E-state index in [1.807, 2.05) is 30.3 Å². The largest absolute Gasteiger partial charge is 0.586 e. The minimum Gasteiger partial charge on any atom is -0.445 e. The molecule has 0 bridgehead atoms. The maximum Gasteiger partial charge on any atom is 0.586 e. The quantitative estimate of drug-likeness (QED) is 0.823. The van der Waals surface area contributed by atoms with E-state index >= 15 is 0 Å². The van der Waals surface area contributed by atoms with E-state index in [-0.39, 0.29) is 31.1 Å². The minimum absolute atomic E-state index is 0.0606. The number of ether oxygens (including phenoxy) is 3. The number of hydrogen-bond donors (Lipinski definition) is 2. The Labute approximate surface area is 148 Å². The summed E-state index contributed by atoms with van der Waals surface area (Å²) in [5, 5.41) is 12.0. The van der Waals surface area contributed by atoms with Crippen molar-refractivity contribution in [3.8, 4) is 11.5 Å². The Bertz CT molecular complexity index is 769. The summed E-state index contributed by atoms with van der Waals surface area (Å²) in [6, 6.07) is 12.8. The molecular weight excluding hydrogens is 348 g/mol. The molecule has 138 valence electrons. The molecule has 8 heteroatoms. The molecule has 3 rings (SSSR count). The average molecular weight is 365 g/mol. The van der Waals surface area contributed by atoms with Crippen molar-refractivity contribution in [2.75, 3.05) is 6.61 Å². The van der Waals surface area contributed by atoms with Crippen LogP contribution in [-0.2, 0) is 17.8 Å². The van der Waals surface area contributed by atoms with Crippen LogP contribution in [-0.4, -0.2) is 30.1 Å². The van der Waals surface area contributed by atoms with Gasteiger partial charge in [0, 0.05) is 0 Å². The predicted molar refractivity (Wildman–Crippen MR) is 87.0 cm³/mol.